The van der Waals surface area contributed by atoms with Crippen LogP contribution in [0.3, 0.4) is 0 Å². The lowest BCUT2D eigenvalue weighted by molar-refractivity contribution is 0.0182. The van der Waals surface area contributed by atoms with Crippen molar-refractivity contribution in [1.29, 1.82) is 0 Å². The molecule has 0 aromatic carbocycles. The van der Waals surface area contributed by atoms with Crippen molar-refractivity contribution in [2.45, 2.75) is 45.6 Å². The number of alkyl halides is 2. The van der Waals surface area contributed by atoms with E-state index in [-0.39, 0.29) is 12.6 Å². The third-order valence-corrected chi connectivity index (χ3v) is 2.43. The van der Waals surface area contributed by atoms with Gasteiger partial charge in [0, 0.05) is 18.9 Å². The Morgan fingerprint density at radius 2 is 2.11 bits per heavy atom. The Morgan fingerprint density at radius 3 is 2.74 bits per heavy atom. The van der Waals surface area contributed by atoms with Gasteiger partial charge in [-0.1, -0.05) is 19.0 Å². The van der Waals surface area contributed by atoms with Crippen molar-refractivity contribution in [2.24, 2.45) is 11.7 Å². The zero-order valence-corrected chi connectivity index (χ0v) is 11.3. The fourth-order valence-electron chi connectivity index (χ4n) is 1.72. The fourth-order valence-corrected chi connectivity index (χ4v) is 1.72. The Hall–Kier alpha value is -1.08. The van der Waals surface area contributed by atoms with Gasteiger partial charge in [-0.15, -0.1) is 0 Å². The molecule has 0 bridgehead atoms. The van der Waals surface area contributed by atoms with Crippen molar-refractivity contribution in [3.05, 3.63) is 11.7 Å². The van der Waals surface area contributed by atoms with Gasteiger partial charge in [0.15, 0.2) is 5.82 Å². The molecule has 1 atom stereocenters. The summed E-state index contributed by atoms with van der Waals surface area (Å²) in [5.41, 5.74) is 5.94. The molecule has 1 unspecified atom stereocenters. The predicted molar refractivity (Wildman–Crippen MR) is 66.0 cm³/mol. The van der Waals surface area contributed by atoms with E-state index in [4.69, 9.17) is 15.0 Å². The van der Waals surface area contributed by atoms with Crippen LogP contribution >= 0.6 is 0 Å². The number of aromatic nitrogens is 2. The average Bonchev–Trinajstić information content (AvgIpc) is 2.70. The number of hydrogen-bond acceptors (Lipinski definition) is 5. The first kappa shape index (κ1) is 16.0. The zero-order chi connectivity index (χ0) is 14.3. The Balaban J connectivity index is 2.28. The van der Waals surface area contributed by atoms with E-state index in [1.807, 2.05) is 0 Å². The molecular formula is C12H21F2N3O2. The van der Waals surface area contributed by atoms with Gasteiger partial charge in [-0.2, -0.15) is 4.98 Å². The van der Waals surface area contributed by atoms with Crippen molar-refractivity contribution in [2.75, 3.05) is 13.2 Å². The molecule has 1 aromatic rings. The molecule has 110 valence electrons. The highest BCUT2D eigenvalue weighted by Gasteiger charge is 2.12. The second-order valence-corrected chi connectivity index (χ2v) is 4.91. The first-order chi connectivity index (χ1) is 8.97. The van der Waals surface area contributed by atoms with Crippen LogP contribution in [0.4, 0.5) is 8.78 Å². The minimum Gasteiger partial charge on any atom is -0.375 e. The molecule has 0 aliphatic carbocycles. The summed E-state index contributed by atoms with van der Waals surface area (Å²) < 4.78 is 33.4. The number of nitrogens with zero attached hydrogens (tertiary/aromatic N) is 2. The van der Waals surface area contributed by atoms with Crippen molar-refractivity contribution in [3.63, 3.8) is 0 Å². The van der Waals surface area contributed by atoms with Crippen molar-refractivity contribution < 1.29 is 18.0 Å². The summed E-state index contributed by atoms with van der Waals surface area (Å²) in [7, 11) is 0. The third-order valence-electron chi connectivity index (χ3n) is 2.43. The van der Waals surface area contributed by atoms with E-state index in [9.17, 15) is 8.78 Å². The van der Waals surface area contributed by atoms with Crippen LogP contribution in [-0.2, 0) is 17.6 Å². The van der Waals surface area contributed by atoms with E-state index in [0.29, 0.717) is 30.5 Å². The maximum Gasteiger partial charge on any atom is 0.261 e. The van der Waals surface area contributed by atoms with Crippen LogP contribution in [0, 0.1) is 5.92 Å². The van der Waals surface area contributed by atoms with Gasteiger partial charge in [0.05, 0.1) is 6.61 Å². The molecule has 0 amide bonds. The molecular weight excluding hydrogens is 256 g/mol. The molecule has 0 fully saturated rings. The summed E-state index contributed by atoms with van der Waals surface area (Å²) in [4.78, 5) is 4.15. The van der Waals surface area contributed by atoms with Crippen LogP contribution in [0.15, 0.2) is 4.52 Å². The molecule has 5 nitrogen and oxygen atoms in total. The van der Waals surface area contributed by atoms with Gasteiger partial charge < -0.3 is 15.0 Å². The second-order valence-electron chi connectivity index (χ2n) is 4.91. The molecule has 1 heterocycles. The summed E-state index contributed by atoms with van der Waals surface area (Å²) in [6, 6.07) is -0.0108. The Morgan fingerprint density at radius 1 is 1.37 bits per heavy atom. The largest absolute Gasteiger partial charge is 0.375 e. The molecule has 0 spiro atoms. The maximum absolute atomic E-state index is 11.8. The molecule has 1 rings (SSSR count). The van der Waals surface area contributed by atoms with E-state index in [1.165, 1.54) is 0 Å². The van der Waals surface area contributed by atoms with Gasteiger partial charge >= 0.3 is 0 Å². The van der Waals surface area contributed by atoms with E-state index < -0.39 is 13.0 Å². The SMILES string of the molecule is CC(C)CC(N)Cc1nc(CCOCC(F)F)no1. The zero-order valence-electron chi connectivity index (χ0n) is 11.3. The van der Waals surface area contributed by atoms with Gasteiger partial charge in [0.2, 0.25) is 5.89 Å². The summed E-state index contributed by atoms with van der Waals surface area (Å²) in [5.74, 6) is 1.46. The van der Waals surface area contributed by atoms with Crippen LogP contribution in [0.25, 0.3) is 0 Å². The lowest BCUT2D eigenvalue weighted by Gasteiger charge is -2.10. The van der Waals surface area contributed by atoms with Crippen LogP contribution in [-0.4, -0.2) is 35.8 Å². The van der Waals surface area contributed by atoms with Crippen molar-refractivity contribution in [1.82, 2.24) is 10.1 Å². The van der Waals surface area contributed by atoms with E-state index >= 15 is 0 Å². The van der Waals surface area contributed by atoms with Gasteiger partial charge in [-0.25, -0.2) is 8.78 Å². The first-order valence-electron chi connectivity index (χ1n) is 6.40. The topological polar surface area (TPSA) is 74.2 Å². The lowest BCUT2D eigenvalue weighted by atomic mass is 10.0. The maximum atomic E-state index is 11.8. The van der Waals surface area contributed by atoms with Crippen molar-refractivity contribution in [3.8, 4) is 0 Å². The molecule has 0 saturated carbocycles. The molecule has 19 heavy (non-hydrogen) atoms. The quantitative estimate of drug-likeness (QED) is 0.697. The Bertz CT molecular complexity index is 358. The summed E-state index contributed by atoms with van der Waals surface area (Å²) in [6.45, 7) is 3.78. The number of halogens is 2. The Kier molecular flexibility index (Phi) is 6.86. The van der Waals surface area contributed by atoms with Gasteiger partial charge in [0.1, 0.15) is 6.61 Å². The molecule has 0 saturated heterocycles. The highest BCUT2D eigenvalue weighted by Crippen LogP contribution is 2.08. The monoisotopic (exact) mass is 277 g/mol. The van der Waals surface area contributed by atoms with Gasteiger partial charge in [0.25, 0.3) is 6.43 Å². The minimum absolute atomic E-state index is 0.0108. The first-order valence-corrected chi connectivity index (χ1v) is 6.40. The number of nitrogens with two attached hydrogens (primary N) is 1. The van der Waals surface area contributed by atoms with E-state index in [0.717, 1.165) is 6.42 Å². The van der Waals surface area contributed by atoms with E-state index in [2.05, 4.69) is 24.0 Å². The molecule has 1 aromatic heterocycles. The normalized spacial score (nSPS) is 13.4. The number of rotatable bonds is 9. The number of ether oxygens (including phenoxy) is 1. The Labute approximate surface area is 111 Å². The number of hydrogen-bond donors (Lipinski definition) is 1. The summed E-state index contributed by atoms with van der Waals surface area (Å²) >= 11 is 0. The smallest absolute Gasteiger partial charge is 0.261 e. The molecule has 2 N–H and O–H groups in total. The average molecular weight is 277 g/mol. The molecule has 0 aliphatic rings. The van der Waals surface area contributed by atoms with Crippen LogP contribution in [0.2, 0.25) is 0 Å². The highest BCUT2D eigenvalue weighted by atomic mass is 19.3. The van der Waals surface area contributed by atoms with Gasteiger partial charge in [-0.3, -0.25) is 0 Å². The van der Waals surface area contributed by atoms with E-state index in [1.54, 1.807) is 0 Å². The van der Waals surface area contributed by atoms with Crippen LogP contribution in [0.5, 0.6) is 0 Å². The van der Waals surface area contributed by atoms with Crippen molar-refractivity contribution >= 4 is 0 Å². The van der Waals surface area contributed by atoms with Crippen LogP contribution < -0.4 is 5.73 Å². The predicted octanol–water partition coefficient (Wildman–Crippen LogP) is 1.81. The minimum atomic E-state index is -2.45. The molecule has 0 radical (unpaired) electrons. The second kappa shape index (κ2) is 8.16. The fraction of sp³-hybridized carbons (Fsp3) is 0.833. The summed E-state index contributed by atoms with van der Waals surface area (Å²) in [6.07, 6.45) is -0.677. The highest BCUT2D eigenvalue weighted by molar-refractivity contribution is 4.89. The van der Waals surface area contributed by atoms with Crippen LogP contribution in [0.1, 0.15) is 32.0 Å². The third kappa shape index (κ3) is 7.17. The van der Waals surface area contributed by atoms with Gasteiger partial charge in [-0.05, 0) is 12.3 Å². The lowest BCUT2D eigenvalue weighted by Crippen LogP contribution is -2.24. The molecule has 7 heteroatoms. The molecule has 0 aliphatic heterocycles. The summed E-state index contributed by atoms with van der Waals surface area (Å²) in [5, 5.41) is 3.76. The standard InChI is InChI=1S/C12H21F2N3O2/c1-8(2)5-9(15)6-12-16-11(17-19-12)3-4-18-7-10(13)14/h8-10H,3-7,15H2,1-2H3.